The number of carbonyl (C=O) groups excluding carboxylic acids is 1. The van der Waals surface area contributed by atoms with Gasteiger partial charge in [-0.2, -0.15) is 11.8 Å². The van der Waals surface area contributed by atoms with Gasteiger partial charge in [0.2, 0.25) is 0 Å². The second kappa shape index (κ2) is 6.06. The summed E-state index contributed by atoms with van der Waals surface area (Å²) in [5.74, 6) is -0.119. The zero-order chi connectivity index (χ0) is 13.8. The second-order valence-electron chi connectivity index (χ2n) is 4.33. The predicted molar refractivity (Wildman–Crippen MR) is 70.8 cm³/mol. The number of nitrogens with zero attached hydrogens (tertiary/aromatic N) is 1. The van der Waals surface area contributed by atoms with E-state index in [4.69, 9.17) is 5.11 Å². The molecule has 0 bridgehead atoms. The van der Waals surface area contributed by atoms with Crippen molar-refractivity contribution in [3.8, 4) is 0 Å². The van der Waals surface area contributed by atoms with Crippen LogP contribution < -0.4 is 0 Å². The van der Waals surface area contributed by atoms with E-state index in [1.54, 1.807) is 16.7 Å². The highest BCUT2D eigenvalue weighted by atomic mass is 32.2. The average molecular weight is 283 g/mol. The third-order valence-corrected chi connectivity index (χ3v) is 4.08. The molecule has 1 unspecified atom stereocenters. The minimum Gasteiger partial charge on any atom is -0.481 e. The zero-order valence-electron chi connectivity index (χ0n) is 10.2. The van der Waals surface area contributed by atoms with Crippen LogP contribution in [0.2, 0.25) is 0 Å². The number of benzene rings is 1. The molecular formula is C13H14FNO3S. The number of carboxylic acid groups (broad SMARTS) is 1. The molecule has 6 heteroatoms. The van der Waals surface area contributed by atoms with Crippen molar-refractivity contribution >= 4 is 23.6 Å². The summed E-state index contributed by atoms with van der Waals surface area (Å²) in [6.07, 6.45) is -0.0556. The van der Waals surface area contributed by atoms with Crippen molar-refractivity contribution in [1.82, 2.24) is 4.90 Å². The van der Waals surface area contributed by atoms with Crippen LogP contribution in [0.3, 0.4) is 0 Å². The van der Waals surface area contributed by atoms with Gasteiger partial charge < -0.3 is 10.0 Å². The molecule has 1 aliphatic rings. The summed E-state index contributed by atoms with van der Waals surface area (Å²) in [5.41, 5.74) is 0.392. The monoisotopic (exact) mass is 283 g/mol. The Kier molecular flexibility index (Phi) is 4.42. The minimum atomic E-state index is -0.913. The van der Waals surface area contributed by atoms with Crippen LogP contribution in [0.5, 0.6) is 0 Å². The molecule has 1 fully saturated rings. The molecule has 1 heterocycles. The van der Waals surface area contributed by atoms with Gasteiger partial charge in [0.05, 0.1) is 12.5 Å². The van der Waals surface area contributed by atoms with Crippen molar-refractivity contribution in [2.45, 2.75) is 12.5 Å². The Bertz CT molecular complexity index is 477. The van der Waals surface area contributed by atoms with E-state index >= 15 is 0 Å². The smallest absolute Gasteiger partial charge is 0.305 e. The number of hydrogen-bond donors (Lipinski definition) is 1. The molecule has 0 aliphatic carbocycles. The number of carboxylic acids is 1. The molecule has 1 aromatic rings. The average Bonchev–Trinajstić information content (AvgIpc) is 2.39. The summed E-state index contributed by atoms with van der Waals surface area (Å²) >= 11 is 1.65. The van der Waals surface area contributed by atoms with E-state index in [0.29, 0.717) is 17.9 Å². The SMILES string of the molecule is O=C(O)CC1CSCCN1C(=O)c1ccc(F)cc1. The molecule has 0 spiro atoms. The molecule has 1 amide bonds. The summed E-state index contributed by atoms with van der Waals surface area (Å²) in [6, 6.07) is 5.03. The highest BCUT2D eigenvalue weighted by molar-refractivity contribution is 7.99. The normalized spacial score (nSPS) is 19.2. The molecule has 1 aliphatic heterocycles. The standard InChI is InChI=1S/C13H14FNO3S/c14-10-3-1-9(2-4-10)13(18)15-5-6-19-8-11(15)7-12(16)17/h1-4,11H,5-8H2,(H,16,17). The molecule has 0 saturated carbocycles. The van der Waals surface area contributed by atoms with Gasteiger partial charge in [0.1, 0.15) is 5.82 Å². The third-order valence-electron chi connectivity index (χ3n) is 2.99. The highest BCUT2D eigenvalue weighted by Gasteiger charge is 2.29. The van der Waals surface area contributed by atoms with Crippen LogP contribution in [0.4, 0.5) is 4.39 Å². The molecular weight excluding hydrogens is 269 g/mol. The van der Waals surface area contributed by atoms with E-state index in [-0.39, 0.29) is 18.4 Å². The molecule has 0 radical (unpaired) electrons. The van der Waals surface area contributed by atoms with Crippen LogP contribution in [-0.2, 0) is 4.79 Å². The van der Waals surface area contributed by atoms with Crippen molar-refractivity contribution < 1.29 is 19.1 Å². The summed E-state index contributed by atoms with van der Waals surface area (Å²) in [6.45, 7) is 0.527. The van der Waals surface area contributed by atoms with Gasteiger partial charge in [-0.1, -0.05) is 0 Å². The maximum Gasteiger partial charge on any atom is 0.305 e. The van der Waals surface area contributed by atoms with Crippen molar-refractivity contribution in [2.24, 2.45) is 0 Å². The van der Waals surface area contributed by atoms with Crippen LogP contribution in [0.15, 0.2) is 24.3 Å². The minimum absolute atomic E-state index is 0.0556. The van der Waals surface area contributed by atoms with Crippen molar-refractivity contribution in [3.05, 3.63) is 35.6 Å². The van der Waals surface area contributed by atoms with Gasteiger partial charge in [0, 0.05) is 23.6 Å². The summed E-state index contributed by atoms with van der Waals surface area (Å²) in [5, 5.41) is 8.88. The number of carbonyl (C=O) groups is 2. The Balaban J connectivity index is 2.15. The van der Waals surface area contributed by atoms with E-state index in [9.17, 15) is 14.0 Å². The third kappa shape index (κ3) is 3.47. The Morgan fingerprint density at radius 2 is 2.05 bits per heavy atom. The fraction of sp³-hybridized carbons (Fsp3) is 0.385. The maximum absolute atomic E-state index is 12.8. The van der Waals surface area contributed by atoms with Crippen molar-refractivity contribution in [2.75, 3.05) is 18.1 Å². The maximum atomic E-state index is 12.8. The van der Waals surface area contributed by atoms with Crippen LogP contribution in [-0.4, -0.2) is 46.0 Å². The first kappa shape index (κ1) is 13.9. The lowest BCUT2D eigenvalue weighted by molar-refractivity contribution is -0.138. The van der Waals surface area contributed by atoms with Gasteiger partial charge in [0.25, 0.3) is 5.91 Å². The quantitative estimate of drug-likeness (QED) is 0.920. The van der Waals surface area contributed by atoms with Gasteiger partial charge in [-0.05, 0) is 24.3 Å². The number of rotatable bonds is 3. The highest BCUT2D eigenvalue weighted by Crippen LogP contribution is 2.21. The molecule has 1 N–H and O–H groups in total. The Hall–Kier alpha value is -1.56. The Morgan fingerprint density at radius 3 is 2.68 bits per heavy atom. The first-order valence-electron chi connectivity index (χ1n) is 5.94. The van der Waals surface area contributed by atoms with Gasteiger partial charge >= 0.3 is 5.97 Å². The molecule has 102 valence electrons. The Labute approximate surface area is 114 Å². The summed E-state index contributed by atoms with van der Waals surface area (Å²) < 4.78 is 12.8. The molecule has 1 aromatic carbocycles. The lowest BCUT2D eigenvalue weighted by Crippen LogP contribution is -2.47. The fourth-order valence-electron chi connectivity index (χ4n) is 2.05. The van der Waals surface area contributed by atoms with Gasteiger partial charge in [-0.15, -0.1) is 0 Å². The zero-order valence-corrected chi connectivity index (χ0v) is 11.0. The van der Waals surface area contributed by atoms with Gasteiger partial charge in [-0.3, -0.25) is 9.59 Å². The molecule has 4 nitrogen and oxygen atoms in total. The largest absolute Gasteiger partial charge is 0.481 e. The van der Waals surface area contributed by atoms with Crippen LogP contribution in [0.25, 0.3) is 0 Å². The van der Waals surface area contributed by atoms with Crippen LogP contribution in [0, 0.1) is 5.82 Å². The molecule has 1 atom stereocenters. The predicted octanol–water partition coefficient (Wildman–Crippen LogP) is 1.86. The lowest BCUT2D eigenvalue weighted by atomic mass is 10.1. The first-order valence-corrected chi connectivity index (χ1v) is 7.09. The van der Waals surface area contributed by atoms with E-state index in [0.717, 1.165) is 5.75 Å². The van der Waals surface area contributed by atoms with Gasteiger partial charge in [-0.25, -0.2) is 4.39 Å². The Morgan fingerprint density at radius 1 is 1.37 bits per heavy atom. The summed E-state index contributed by atoms with van der Waals surface area (Å²) in [4.78, 5) is 24.7. The number of hydrogen-bond acceptors (Lipinski definition) is 3. The second-order valence-corrected chi connectivity index (χ2v) is 5.48. The van der Waals surface area contributed by atoms with E-state index < -0.39 is 11.8 Å². The molecule has 19 heavy (non-hydrogen) atoms. The van der Waals surface area contributed by atoms with Crippen molar-refractivity contribution in [3.63, 3.8) is 0 Å². The van der Waals surface area contributed by atoms with Crippen LogP contribution >= 0.6 is 11.8 Å². The fourth-order valence-corrected chi connectivity index (χ4v) is 3.11. The van der Waals surface area contributed by atoms with E-state index in [2.05, 4.69) is 0 Å². The van der Waals surface area contributed by atoms with Crippen LogP contribution in [0.1, 0.15) is 16.8 Å². The number of halogens is 1. The molecule has 2 rings (SSSR count). The summed E-state index contributed by atoms with van der Waals surface area (Å²) in [7, 11) is 0. The molecule has 1 saturated heterocycles. The van der Waals surface area contributed by atoms with E-state index in [1.165, 1.54) is 24.3 Å². The van der Waals surface area contributed by atoms with E-state index in [1.807, 2.05) is 0 Å². The lowest BCUT2D eigenvalue weighted by Gasteiger charge is -2.34. The first-order chi connectivity index (χ1) is 9.08. The van der Waals surface area contributed by atoms with Gasteiger partial charge in [0.15, 0.2) is 0 Å². The van der Waals surface area contributed by atoms with Crippen molar-refractivity contribution in [1.29, 1.82) is 0 Å². The number of thioether (sulfide) groups is 1. The number of amides is 1. The number of aliphatic carboxylic acids is 1. The molecule has 0 aromatic heterocycles. The topological polar surface area (TPSA) is 57.6 Å².